The van der Waals surface area contributed by atoms with E-state index in [4.69, 9.17) is 9.97 Å². The summed E-state index contributed by atoms with van der Waals surface area (Å²) in [5, 5.41) is 28.4. The summed E-state index contributed by atoms with van der Waals surface area (Å²) in [6, 6.07) is 108. The van der Waals surface area contributed by atoms with E-state index >= 15 is 0 Å². The first-order valence-corrected chi connectivity index (χ1v) is 50.4. The number of anilines is 2. The molecule has 1 amide bonds. The minimum absolute atomic E-state index is 0.0996. The van der Waals surface area contributed by atoms with Crippen LogP contribution in [0.2, 0.25) is 0 Å². The molecule has 730 valence electrons. The summed E-state index contributed by atoms with van der Waals surface area (Å²) in [5.74, 6) is 0.451. The topological polar surface area (TPSA) is 227 Å². The highest BCUT2D eigenvalue weighted by molar-refractivity contribution is 5.98. The van der Waals surface area contributed by atoms with E-state index in [1.54, 1.807) is 56.8 Å². The van der Waals surface area contributed by atoms with Crippen molar-refractivity contribution >= 4 is 77.8 Å². The van der Waals surface area contributed by atoms with Gasteiger partial charge in [-0.05, 0) is 338 Å². The van der Waals surface area contributed by atoms with E-state index in [9.17, 15) is 18.0 Å². The van der Waals surface area contributed by atoms with Gasteiger partial charge in [-0.1, -0.05) is 151 Å². The molecule has 0 saturated heterocycles. The summed E-state index contributed by atoms with van der Waals surface area (Å²) >= 11 is 0. The highest BCUT2D eigenvalue weighted by Gasteiger charge is 2.29. The van der Waals surface area contributed by atoms with Crippen molar-refractivity contribution in [2.75, 3.05) is 10.6 Å². The Morgan fingerprint density at radius 2 is 0.740 bits per heavy atom. The van der Waals surface area contributed by atoms with E-state index in [0.29, 0.717) is 34.7 Å². The largest absolute Gasteiger partial charge is 0.381 e. The number of aryl methyl sites for hydroxylation is 4. The fourth-order valence-electron chi connectivity index (χ4n) is 19.3. The number of H-pyrrole nitrogens is 2. The molecule has 0 unspecified atom stereocenters. The number of nitrogens with zero attached hydrogens (tertiary/aromatic N) is 12. The molecule has 23 aromatic rings. The van der Waals surface area contributed by atoms with Crippen molar-refractivity contribution in [1.82, 2.24) is 65.3 Å². The number of aliphatic imine (C=N–C) groups is 1. The van der Waals surface area contributed by atoms with Gasteiger partial charge in [-0.15, -0.1) is 0 Å². The summed E-state index contributed by atoms with van der Waals surface area (Å²) in [6.45, 7) is 10.0. The molecule has 150 heavy (non-hydrogen) atoms. The van der Waals surface area contributed by atoms with Crippen molar-refractivity contribution < 1.29 is 18.0 Å². The lowest BCUT2D eigenvalue weighted by Gasteiger charge is -2.13. The molecule has 1 aliphatic heterocycles. The summed E-state index contributed by atoms with van der Waals surface area (Å²) in [7, 11) is 0. The van der Waals surface area contributed by atoms with Gasteiger partial charge in [0.1, 0.15) is 17.5 Å². The zero-order valence-electron chi connectivity index (χ0n) is 83.3. The Kier molecular flexibility index (Phi) is 27.8. The Morgan fingerprint density at radius 1 is 0.313 bits per heavy atom. The Bertz CT molecular complexity index is 8870. The van der Waals surface area contributed by atoms with Crippen LogP contribution in [0.25, 0.3) is 189 Å². The predicted molar refractivity (Wildman–Crippen MR) is 601 cm³/mol. The average molecular weight is 1960 g/mol. The number of carbonyl (C=O) groups excluding carboxylic acids is 1. The molecule has 0 radical (unpaired) electrons. The molecular formula is C130H103F3N16O. The van der Waals surface area contributed by atoms with Crippen LogP contribution < -0.4 is 10.6 Å². The number of carbonyl (C=O) groups is 1. The minimum atomic E-state index is -0.202. The molecule has 0 atom stereocenters. The lowest BCUT2D eigenvalue weighted by molar-refractivity contribution is -0.114. The molecule has 17 nitrogen and oxygen atoms in total. The van der Waals surface area contributed by atoms with Crippen LogP contribution in [0.3, 0.4) is 0 Å². The van der Waals surface area contributed by atoms with E-state index in [2.05, 4.69) is 285 Å². The van der Waals surface area contributed by atoms with Crippen molar-refractivity contribution in [3.63, 3.8) is 0 Å². The third-order valence-corrected chi connectivity index (χ3v) is 27.5. The molecule has 12 aromatic carbocycles. The van der Waals surface area contributed by atoms with E-state index in [0.717, 1.165) is 214 Å². The Hall–Kier alpha value is -18.6. The van der Waals surface area contributed by atoms with Gasteiger partial charge in [0.05, 0.1) is 93.4 Å². The van der Waals surface area contributed by atoms with Crippen LogP contribution in [0.15, 0.2) is 407 Å². The second kappa shape index (κ2) is 43.4. The Morgan fingerprint density at radius 3 is 1.25 bits per heavy atom. The first kappa shape index (κ1) is 96.2. The average Bonchev–Trinajstić information content (AvgIpc) is 1.66. The smallest absolute Gasteiger partial charge is 0.221 e. The van der Waals surface area contributed by atoms with Gasteiger partial charge in [-0.25, -0.2) is 13.2 Å². The highest BCUT2D eigenvalue weighted by atomic mass is 19.1. The second-order valence-corrected chi connectivity index (χ2v) is 38.5. The predicted octanol–water partition coefficient (Wildman–Crippen LogP) is 31.8. The van der Waals surface area contributed by atoms with Gasteiger partial charge in [0.15, 0.2) is 0 Å². The van der Waals surface area contributed by atoms with Gasteiger partial charge in [0.2, 0.25) is 5.91 Å². The molecule has 4 aliphatic rings. The van der Waals surface area contributed by atoms with Crippen molar-refractivity contribution in [3.8, 4) is 134 Å². The first-order chi connectivity index (χ1) is 73.5. The molecule has 3 saturated carbocycles. The number of amides is 1. The summed E-state index contributed by atoms with van der Waals surface area (Å²) < 4.78 is 41.5. The van der Waals surface area contributed by atoms with Crippen LogP contribution >= 0.6 is 0 Å². The summed E-state index contributed by atoms with van der Waals surface area (Å²) in [6.07, 6.45) is 32.7. The lowest BCUT2D eigenvalue weighted by atomic mass is 9.95. The van der Waals surface area contributed by atoms with Gasteiger partial charge < -0.3 is 10.6 Å². The van der Waals surface area contributed by atoms with Gasteiger partial charge in [0.25, 0.3) is 0 Å². The van der Waals surface area contributed by atoms with Crippen LogP contribution in [0, 0.1) is 45.1 Å². The Balaban J connectivity index is 0.000000102. The number of rotatable bonds is 17. The monoisotopic (exact) mass is 1960 g/mol. The third-order valence-electron chi connectivity index (χ3n) is 27.5. The fraction of sp³-hybridized carbons (Fsp3) is 0.115. The van der Waals surface area contributed by atoms with Crippen LogP contribution in [0.1, 0.15) is 102 Å². The first-order valence-electron chi connectivity index (χ1n) is 50.4. The number of pyridine rings is 9. The van der Waals surface area contributed by atoms with Gasteiger partial charge in [-0.3, -0.25) is 64.8 Å². The van der Waals surface area contributed by atoms with Crippen LogP contribution in [-0.4, -0.2) is 83.4 Å². The number of hydrogen-bond donors (Lipinski definition) is 4. The third kappa shape index (κ3) is 22.2. The van der Waals surface area contributed by atoms with E-state index in [1.165, 1.54) is 77.9 Å². The van der Waals surface area contributed by atoms with Crippen LogP contribution in [0.5, 0.6) is 0 Å². The van der Waals surface area contributed by atoms with Crippen LogP contribution in [0.4, 0.5) is 24.5 Å². The zero-order chi connectivity index (χ0) is 102. The maximum absolute atomic E-state index is 14.1. The molecule has 27 rings (SSSR count). The SMILES string of the molecule is CC(=O)Nc1cnc(-c2cccc(C3CC3)c2)c(-c2ccc3[nH]ncc3c2)c1.Cc1cc(-c2ncc(NC3CC3)cc2-c2ccc3[nH]ncc3c2)ccc1F.Cc1cc(-c2ncccc2-c2ccc3ccncc3c2)ccc1F.Cc1cccc(-c2ncccc2-c2ccc3ccncc3c2)c1.Cc1cccc(-c2ncccc2-c2ccc3ncccc3c2)c1.Fc1ccc(-c2ncccc2-c2ccc3c(c2)C=NC3)cc1C1CC1. The standard InChI is InChI=1S/C23H20N4O.C22H19FN4.C22H17FN2.C21H15FN2.2C21H16N2/c1-14(28)26-20-11-21(17-7-8-22-19(10-17)12-25-27-22)23(24-13-20)18-4-2-3-16(9-18)15-5-6-15;1-13-8-15(2-6-20(13)23)22-19(10-18(12-24-22)26-17-4-5-17)14-3-7-21-16(9-14)11-25-27-21;23-21-8-7-16(11-20(21)14-3-4-14)22-19(2-1-9-25-22)15-5-6-17-12-24-13-18(17)10-15;1-14-11-17(6-7-20(14)22)21-19(3-2-9-24-21)16-5-4-15-8-10-23-13-18(15)12-16;1-15-5-2-6-18(13-15)21-19(8-4-12-23-21)16-9-10-20-17(14-16)7-3-11-22-20;1-15-4-2-5-18(12-15)21-20(6-3-10-23-21)17-8-7-16-9-11-22-14-19(16)13-17/h2-4,7-13,15H,5-6H2,1H3,(H,25,27)(H,26,28);2-3,6-12,17,26H,4-5H2,1H3,(H,25,27);1-2,5-11,13-14H,3-4,12H2;2-13H,1H3;2*2-14H,1H3. The number of aromatic nitrogens is 13. The number of halogens is 3. The van der Waals surface area contributed by atoms with E-state index < -0.39 is 0 Å². The Labute approximate surface area is 866 Å². The molecule has 3 aliphatic carbocycles. The van der Waals surface area contributed by atoms with E-state index in [1.807, 2.05) is 153 Å². The van der Waals surface area contributed by atoms with Gasteiger partial charge in [-0.2, -0.15) is 10.2 Å². The molecule has 3 fully saturated rings. The quantitative estimate of drug-likeness (QED) is 0.0666. The molecule has 4 N–H and O–H groups in total. The number of hydrogen-bond acceptors (Lipinski definition) is 14. The van der Waals surface area contributed by atoms with Crippen molar-refractivity contribution in [1.29, 1.82) is 0 Å². The number of nitrogens with one attached hydrogen (secondary N) is 4. The molecular weight excluding hydrogens is 1860 g/mol. The van der Waals surface area contributed by atoms with Gasteiger partial charge >= 0.3 is 0 Å². The van der Waals surface area contributed by atoms with Gasteiger partial charge in [0, 0.05) is 169 Å². The number of benzene rings is 12. The van der Waals surface area contributed by atoms with Crippen molar-refractivity contribution in [2.45, 2.75) is 97.6 Å². The highest BCUT2D eigenvalue weighted by Crippen LogP contribution is 2.47. The second-order valence-electron chi connectivity index (χ2n) is 38.5. The molecule has 11 aromatic heterocycles. The molecule has 0 bridgehead atoms. The normalized spacial score (nSPS) is 12.7. The zero-order valence-corrected chi connectivity index (χ0v) is 83.3. The molecule has 12 heterocycles. The molecule has 0 spiro atoms. The van der Waals surface area contributed by atoms with E-state index in [-0.39, 0.29) is 23.4 Å². The lowest BCUT2D eigenvalue weighted by Crippen LogP contribution is -2.06. The summed E-state index contributed by atoms with van der Waals surface area (Å²) in [5.41, 5.74) is 37.8. The van der Waals surface area contributed by atoms with Crippen molar-refractivity contribution in [2.24, 2.45) is 4.99 Å². The maximum atomic E-state index is 14.1. The number of aromatic amines is 2. The van der Waals surface area contributed by atoms with Crippen LogP contribution in [-0.2, 0) is 11.3 Å². The summed E-state index contributed by atoms with van der Waals surface area (Å²) in [4.78, 5) is 56.6. The number of fused-ring (bicyclic) bond motifs is 6. The molecule has 20 heteroatoms. The maximum Gasteiger partial charge on any atom is 0.221 e. The fourth-order valence-corrected chi connectivity index (χ4v) is 19.3. The minimum Gasteiger partial charge on any atom is -0.381 e. The van der Waals surface area contributed by atoms with Crippen molar-refractivity contribution in [3.05, 3.63) is 464 Å².